The van der Waals surface area contributed by atoms with Gasteiger partial charge >= 0.3 is 75.5 Å². The van der Waals surface area contributed by atoms with E-state index in [9.17, 15) is 0 Å². The van der Waals surface area contributed by atoms with Gasteiger partial charge in [0.1, 0.15) is 0 Å². The Morgan fingerprint density at radius 1 is 0.750 bits per heavy atom. The summed E-state index contributed by atoms with van der Waals surface area (Å²) in [5.74, 6) is 0. The molecule has 0 aromatic rings. The summed E-state index contributed by atoms with van der Waals surface area (Å²) in [5, 5.41) is 0. The normalized spacial score (nSPS) is 7.50. The maximum absolute atomic E-state index is 8.58. The van der Waals surface area contributed by atoms with Crippen molar-refractivity contribution in [3.63, 3.8) is 0 Å². The van der Waals surface area contributed by atoms with Gasteiger partial charge in [-0.1, -0.05) is 0 Å². The van der Waals surface area contributed by atoms with E-state index in [-0.39, 0.29) is 86.4 Å². The van der Waals surface area contributed by atoms with Crippen molar-refractivity contribution >= 4 is 95.5 Å². The van der Waals surface area contributed by atoms with E-state index in [4.69, 9.17) is 19.2 Å². The second kappa shape index (κ2) is 9.79. The van der Waals surface area contributed by atoms with E-state index in [2.05, 4.69) is 0 Å². The van der Waals surface area contributed by atoms with Gasteiger partial charge in [-0.2, -0.15) is 0 Å². The van der Waals surface area contributed by atoms with Crippen LogP contribution in [-0.4, -0.2) is 95.5 Å². The Kier molecular flexibility index (Phi) is 27.5. The zero-order chi connectivity index (χ0) is 4.50. The third kappa shape index (κ3) is 68.4. The average Bonchev–Trinajstić information content (AvgIpc) is 0.722. The molecule has 0 saturated carbocycles. The van der Waals surface area contributed by atoms with E-state index in [0.717, 1.165) is 0 Å². The van der Waals surface area contributed by atoms with Gasteiger partial charge in [0.2, 0.25) is 0 Å². The van der Waals surface area contributed by atoms with Crippen molar-refractivity contribution in [2.24, 2.45) is 0 Å². The molecule has 0 rings (SSSR count). The Labute approximate surface area is 112 Å². The molecule has 8 heavy (non-hydrogen) atoms. The SMILES string of the molecule is [Ca+2].[Ca+2].[O-][Si]([O-])([O-])[O-].[SiH4]. The van der Waals surface area contributed by atoms with Crippen LogP contribution in [0.15, 0.2) is 0 Å². The Morgan fingerprint density at radius 2 is 0.750 bits per heavy atom. The molecular formula is H4Ca2O4Si2. The molecule has 0 bridgehead atoms. The van der Waals surface area contributed by atoms with Crippen molar-refractivity contribution in [3.8, 4) is 0 Å². The monoisotopic (exact) mass is 204 g/mol. The van der Waals surface area contributed by atoms with Gasteiger partial charge in [0.05, 0.1) is 0 Å². The Bertz CT molecular complexity index is 27.5. The van der Waals surface area contributed by atoms with Crippen LogP contribution in [0.4, 0.5) is 0 Å². The van der Waals surface area contributed by atoms with E-state index in [1.54, 1.807) is 0 Å². The van der Waals surface area contributed by atoms with Crippen LogP contribution in [0.5, 0.6) is 0 Å². The summed E-state index contributed by atoms with van der Waals surface area (Å²) in [6.45, 7) is 0. The maximum atomic E-state index is 8.58. The topological polar surface area (TPSA) is 92.2 Å². The van der Waals surface area contributed by atoms with E-state index in [1.165, 1.54) is 0 Å². The summed E-state index contributed by atoms with van der Waals surface area (Å²) in [5.41, 5.74) is 0. The van der Waals surface area contributed by atoms with E-state index >= 15 is 0 Å². The van der Waals surface area contributed by atoms with Gasteiger partial charge in [-0.15, -0.1) is 0 Å². The molecule has 8 heteroatoms. The smallest absolute Gasteiger partial charge is 0.894 e. The average molecular weight is 204 g/mol. The number of hydrogen-bond acceptors (Lipinski definition) is 4. The van der Waals surface area contributed by atoms with Crippen molar-refractivity contribution in [2.75, 3.05) is 0 Å². The van der Waals surface area contributed by atoms with Crippen molar-refractivity contribution in [1.82, 2.24) is 0 Å². The number of hydrogen-bond donors (Lipinski definition) is 0. The van der Waals surface area contributed by atoms with Crippen molar-refractivity contribution in [3.05, 3.63) is 0 Å². The summed E-state index contributed by atoms with van der Waals surface area (Å²) >= 11 is 0. The molecule has 0 heterocycles. The van der Waals surface area contributed by atoms with Crippen LogP contribution in [0.25, 0.3) is 0 Å². The molecule has 0 spiro atoms. The molecule has 4 nitrogen and oxygen atoms in total. The van der Waals surface area contributed by atoms with Crippen LogP contribution in [0.3, 0.4) is 0 Å². The van der Waals surface area contributed by atoms with E-state index < -0.39 is 9.05 Å². The van der Waals surface area contributed by atoms with Gasteiger partial charge in [0.15, 0.2) is 0 Å². The maximum Gasteiger partial charge on any atom is 2.00 e. The fourth-order valence-electron chi connectivity index (χ4n) is 0. The fraction of sp³-hybridized carbons (Fsp3) is 0. The van der Waals surface area contributed by atoms with Gasteiger partial charge in [-0.25, -0.2) is 0 Å². The van der Waals surface area contributed by atoms with Crippen molar-refractivity contribution < 1.29 is 19.2 Å². The van der Waals surface area contributed by atoms with Crippen LogP contribution in [0.2, 0.25) is 0 Å². The predicted molar refractivity (Wildman–Crippen MR) is 28.6 cm³/mol. The third-order valence-corrected chi connectivity index (χ3v) is 0. The Hall–Kier alpha value is 2.79. The van der Waals surface area contributed by atoms with Crippen molar-refractivity contribution in [1.29, 1.82) is 0 Å². The van der Waals surface area contributed by atoms with Gasteiger partial charge in [-0.3, -0.25) is 0 Å². The standard InChI is InChI=1S/2Ca.O4Si.H4Si/c;;1-5(2,3)4;/h;;;1H4/q2*+2;-4;. The Morgan fingerprint density at radius 3 is 0.750 bits per heavy atom. The molecule has 0 aliphatic heterocycles. The van der Waals surface area contributed by atoms with Crippen LogP contribution in [-0.2, 0) is 0 Å². The van der Waals surface area contributed by atoms with Crippen molar-refractivity contribution in [2.45, 2.75) is 0 Å². The van der Waals surface area contributed by atoms with Gasteiger partial charge in [-0.05, 0) is 11.0 Å². The minimum atomic E-state index is -5.61. The van der Waals surface area contributed by atoms with Crippen LogP contribution in [0.1, 0.15) is 0 Å². The molecule has 0 saturated heterocycles. The molecular weight excluding hydrogens is 200 g/mol. The quantitative estimate of drug-likeness (QED) is 0.366. The fourth-order valence-corrected chi connectivity index (χ4v) is 0. The molecule has 0 N–H and O–H groups in total. The molecule has 0 aromatic heterocycles. The first-order valence-electron chi connectivity index (χ1n) is 0.816. The molecule has 40 valence electrons. The molecule has 0 radical (unpaired) electrons. The van der Waals surface area contributed by atoms with Gasteiger partial charge in [0, 0.05) is 0 Å². The summed E-state index contributed by atoms with van der Waals surface area (Å²) in [6.07, 6.45) is 0. The van der Waals surface area contributed by atoms with Crippen LogP contribution < -0.4 is 19.2 Å². The molecule has 0 unspecified atom stereocenters. The molecule has 0 amide bonds. The molecule has 0 aliphatic rings. The molecule has 0 fully saturated rings. The third-order valence-electron chi connectivity index (χ3n) is 0. The first kappa shape index (κ1) is 22.4. The number of rotatable bonds is 0. The first-order chi connectivity index (χ1) is 2.00. The Balaban J connectivity index is -0.0000000267. The van der Waals surface area contributed by atoms with Gasteiger partial charge in [0.25, 0.3) is 0 Å². The zero-order valence-corrected chi connectivity index (χ0v) is 8.96. The summed E-state index contributed by atoms with van der Waals surface area (Å²) < 4.78 is 0. The van der Waals surface area contributed by atoms with E-state index in [1.807, 2.05) is 0 Å². The predicted octanol–water partition coefficient (Wildman–Crippen LogP) is -7.35. The second-order valence-corrected chi connectivity index (χ2v) is 1.50. The minimum Gasteiger partial charge on any atom is -0.894 e. The molecule has 0 aromatic carbocycles. The zero-order valence-electron chi connectivity index (χ0n) is 3.55. The van der Waals surface area contributed by atoms with Crippen LogP contribution >= 0.6 is 0 Å². The molecule has 0 atom stereocenters. The summed E-state index contributed by atoms with van der Waals surface area (Å²) in [7, 11) is -5.61. The van der Waals surface area contributed by atoms with Crippen LogP contribution in [0, 0.1) is 0 Å². The summed E-state index contributed by atoms with van der Waals surface area (Å²) in [4.78, 5) is 34.3. The molecule has 0 aliphatic carbocycles. The largest absolute Gasteiger partial charge is 2.00 e. The van der Waals surface area contributed by atoms with Gasteiger partial charge < -0.3 is 28.2 Å². The second-order valence-electron chi connectivity index (χ2n) is 0.500. The first-order valence-corrected chi connectivity index (χ1v) is 2.45. The van der Waals surface area contributed by atoms with E-state index in [0.29, 0.717) is 0 Å². The minimum absolute atomic E-state index is 0. The summed E-state index contributed by atoms with van der Waals surface area (Å²) in [6, 6.07) is 0.